The van der Waals surface area contributed by atoms with Gasteiger partial charge in [0.1, 0.15) is 0 Å². The monoisotopic (exact) mass is 396 g/mol. The zero-order chi connectivity index (χ0) is 18.0. The van der Waals surface area contributed by atoms with E-state index in [0.29, 0.717) is 6.42 Å². The van der Waals surface area contributed by atoms with E-state index in [1.165, 1.54) is 0 Å². The summed E-state index contributed by atoms with van der Waals surface area (Å²) in [5.74, 6) is 0.00605. The summed E-state index contributed by atoms with van der Waals surface area (Å²) in [4.78, 5) is 17.2. The molecule has 1 N–H and O–H groups in total. The molecule has 128 valence electrons. The van der Waals surface area contributed by atoms with Crippen LogP contribution in [0.5, 0.6) is 0 Å². The number of benzene rings is 2. The Balaban J connectivity index is 1.82. The third-order valence-corrected chi connectivity index (χ3v) is 5.29. The van der Waals surface area contributed by atoms with Crippen molar-refractivity contribution < 1.29 is 4.79 Å². The molecule has 0 bridgehead atoms. The van der Waals surface area contributed by atoms with Crippen molar-refractivity contribution in [2.24, 2.45) is 0 Å². The van der Waals surface area contributed by atoms with Gasteiger partial charge in [-0.15, -0.1) is 0 Å². The van der Waals surface area contributed by atoms with E-state index >= 15 is 0 Å². The summed E-state index contributed by atoms with van der Waals surface area (Å²) in [7, 11) is 0. The first kappa shape index (κ1) is 17.6. The topological polar surface area (TPSA) is 42.0 Å². The molecule has 1 aromatic heterocycles. The van der Waals surface area contributed by atoms with E-state index in [1.54, 1.807) is 0 Å². The molecule has 0 saturated heterocycles. The number of rotatable bonds is 4. The number of pyridine rings is 1. The van der Waals surface area contributed by atoms with Gasteiger partial charge in [-0.05, 0) is 49.6 Å². The van der Waals surface area contributed by atoms with E-state index in [-0.39, 0.29) is 11.9 Å². The van der Waals surface area contributed by atoms with Crippen LogP contribution in [0.2, 0.25) is 0 Å². The Morgan fingerprint density at radius 1 is 1.12 bits per heavy atom. The van der Waals surface area contributed by atoms with Crippen LogP contribution >= 0.6 is 15.9 Å². The van der Waals surface area contributed by atoms with E-state index < -0.39 is 0 Å². The number of hydrogen-bond acceptors (Lipinski definition) is 2. The molecule has 2 aromatic carbocycles. The second-order valence-electron chi connectivity index (χ2n) is 6.31. The summed E-state index contributed by atoms with van der Waals surface area (Å²) in [6.07, 6.45) is 0.338. The number of para-hydroxylation sites is 1. The molecule has 1 amide bonds. The van der Waals surface area contributed by atoms with Crippen LogP contribution in [0.3, 0.4) is 0 Å². The number of carbonyl (C=O) groups is 1. The number of hydrogen-bond donors (Lipinski definition) is 1. The highest BCUT2D eigenvalue weighted by Crippen LogP contribution is 2.25. The maximum atomic E-state index is 12.6. The molecule has 0 aliphatic carbocycles. The zero-order valence-electron chi connectivity index (χ0n) is 14.6. The minimum atomic E-state index is -0.0582. The maximum absolute atomic E-state index is 12.6. The van der Waals surface area contributed by atoms with Crippen molar-refractivity contribution >= 4 is 32.7 Å². The minimum Gasteiger partial charge on any atom is -0.349 e. The van der Waals surface area contributed by atoms with Gasteiger partial charge < -0.3 is 5.32 Å². The normalized spacial score (nSPS) is 12.2. The molecule has 0 spiro atoms. The Hall–Kier alpha value is -2.20. The van der Waals surface area contributed by atoms with E-state index in [1.807, 2.05) is 56.3 Å². The molecule has 1 unspecified atom stereocenters. The summed E-state index contributed by atoms with van der Waals surface area (Å²) in [6.45, 7) is 6.03. The van der Waals surface area contributed by atoms with Crippen LogP contribution in [-0.4, -0.2) is 10.9 Å². The molecule has 0 saturated carbocycles. The van der Waals surface area contributed by atoms with Gasteiger partial charge in [0.25, 0.3) is 0 Å². The smallest absolute Gasteiger partial charge is 0.224 e. The minimum absolute atomic E-state index is 0.00605. The second-order valence-corrected chi connectivity index (χ2v) is 7.16. The Labute approximate surface area is 156 Å². The molecular formula is C21H21BrN2O. The molecule has 0 aliphatic rings. The molecular weight excluding hydrogens is 376 g/mol. The number of fused-ring (bicyclic) bond motifs is 1. The lowest BCUT2D eigenvalue weighted by atomic mass is 9.99. The van der Waals surface area contributed by atoms with E-state index in [9.17, 15) is 4.79 Å². The number of halogens is 1. The molecule has 25 heavy (non-hydrogen) atoms. The first-order chi connectivity index (χ1) is 12.0. The average Bonchev–Trinajstić information content (AvgIpc) is 2.59. The summed E-state index contributed by atoms with van der Waals surface area (Å²) in [5.41, 5.74) is 5.10. The van der Waals surface area contributed by atoms with Gasteiger partial charge in [0.15, 0.2) is 0 Å². The van der Waals surface area contributed by atoms with E-state index in [4.69, 9.17) is 0 Å². The third-order valence-electron chi connectivity index (χ3n) is 4.57. The maximum Gasteiger partial charge on any atom is 0.224 e. The lowest BCUT2D eigenvalue weighted by molar-refractivity contribution is -0.121. The van der Waals surface area contributed by atoms with Crippen LogP contribution in [0.1, 0.15) is 35.3 Å². The van der Waals surface area contributed by atoms with Crippen molar-refractivity contribution in [3.63, 3.8) is 0 Å². The average molecular weight is 397 g/mol. The highest BCUT2D eigenvalue weighted by molar-refractivity contribution is 9.10. The van der Waals surface area contributed by atoms with E-state index in [0.717, 1.165) is 37.8 Å². The first-order valence-corrected chi connectivity index (χ1v) is 9.15. The van der Waals surface area contributed by atoms with Gasteiger partial charge in [0.05, 0.1) is 18.0 Å². The van der Waals surface area contributed by atoms with Gasteiger partial charge in [0.2, 0.25) is 5.91 Å². The van der Waals surface area contributed by atoms with Crippen LogP contribution in [0, 0.1) is 13.8 Å². The molecule has 3 rings (SSSR count). The molecule has 3 nitrogen and oxygen atoms in total. The van der Waals surface area contributed by atoms with Crippen molar-refractivity contribution in [2.45, 2.75) is 33.2 Å². The van der Waals surface area contributed by atoms with Gasteiger partial charge in [-0.1, -0.05) is 52.3 Å². The number of aromatic nitrogens is 1. The fourth-order valence-corrected chi connectivity index (χ4v) is 3.82. The fourth-order valence-electron chi connectivity index (χ4n) is 3.19. The Bertz CT molecular complexity index is 936. The summed E-state index contributed by atoms with van der Waals surface area (Å²) >= 11 is 3.54. The Morgan fingerprint density at radius 3 is 2.56 bits per heavy atom. The zero-order valence-corrected chi connectivity index (χ0v) is 16.2. The second kappa shape index (κ2) is 7.36. The van der Waals surface area contributed by atoms with Gasteiger partial charge in [0, 0.05) is 15.6 Å². The summed E-state index contributed by atoms with van der Waals surface area (Å²) in [5, 5.41) is 4.20. The van der Waals surface area contributed by atoms with Gasteiger partial charge >= 0.3 is 0 Å². The van der Waals surface area contributed by atoms with Gasteiger partial charge in [-0.25, -0.2) is 0 Å². The predicted octanol–water partition coefficient (Wildman–Crippen LogP) is 5.03. The van der Waals surface area contributed by atoms with Crippen LogP contribution in [0.15, 0.2) is 53.0 Å². The van der Waals surface area contributed by atoms with Crippen molar-refractivity contribution in [2.75, 3.05) is 0 Å². The Kier molecular flexibility index (Phi) is 5.19. The molecule has 0 aliphatic heterocycles. The lowest BCUT2D eigenvalue weighted by Gasteiger charge is -2.17. The highest BCUT2D eigenvalue weighted by atomic mass is 79.9. The van der Waals surface area contributed by atoms with Gasteiger partial charge in [-0.2, -0.15) is 0 Å². The number of nitrogens with one attached hydrogen (secondary N) is 1. The van der Waals surface area contributed by atoms with Crippen LogP contribution in [-0.2, 0) is 11.2 Å². The predicted molar refractivity (Wildman–Crippen MR) is 106 cm³/mol. The molecule has 1 atom stereocenters. The largest absolute Gasteiger partial charge is 0.349 e. The third kappa shape index (κ3) is 3.74. The first-order valence-electron chi connectivity index (χ1n) is 8.36. The molecule has 0 fully saturated rings. The van der Waals surface area contributed by atoms with Crippen molar-refractivity contribution in [1.82, 2.24) is 10.3 Å². The van der Waals surface area contributed by atoms with Crippen LogP contribution in [0.4, 0.5) is 0 Å². The molecule has 4 heteroatoms. The summed E-state index contributed by atoms with van der Waals surface area (Å²) in [6, 6.07) is 15.9. The SMILES string of the molecule is Cc1nc2ccccc2c(C)c1CC(=O)NC(C)c1ccccc1Br. The molecule has 3 aromatic rings. The number of carbonyl (C=O) groups excluding carboxylic acids is 1. The number of nitrogens with zero attached hydrogens (tertiary/aromatic N) is 1. The number of aryl methyl sites for hydroxylation is 2. The molecule has 0 radical (unpaired) electrons. The highest BCUT2D eigenvalue weighted by Gasteiger charge is 2.16. The number of amides is 1. The molecule has 1 heterocycles. The van der Waals surface area contributed by atoms with Gasteiger partial charge in [-0.3, -0.25) is 9.78 Å². The van der Waals surface area contributed by atoms with Crippen LogP contribution in [0.25, 0.3) is 10.9 Å². The van der Waals surface area contributed by atoms with Crippen molar-refractivity contribution in [1.29, 1.82) is 0 Å². The standard InChI is InChI=1S/C21H21BrN2O/c1-13-16-8-5-7-11-20(16)23-15(3)18(13)12-21(25)24-14(2)17-9-4-6-10-19(17)22/h4-11,14H,12H2,1-3H3,(H,24,25). The van der Waals surface area contributed by atoms with E-state index in [2.05, 4.69) is 39.2 Å². The lowest BCUT2D eigenvalue weighted by Crippen LogP contribution is -2.29. The van der Waals surface area contributed by atoms with Crippen molar-refractivity contribution in [3.8, 4) is 0 Å². The summed E-state index contributed by atoms with van der Waals surface area (Å²) < 4.78 is 1.00. The Morgan fingerprint density at radius 2 is 1.80 bits per heavy atom. The van der Waals surface area contributed by atoms with Crippen molar-refractivity contribution in [3.05, 3.63) is 75.4 Å². The van der Waals surface area contributed by atoms with Crippen LogP contribution < -0.4 is 5.32 Å². The quantitative estimate of drug-likeness (QED) is 0.671. The fraction of sp³-hybridized carbons (Fsp3) is 0.238.